The number of halogens is 2. The van der Waals surface area contributed by atoms with E-state index < -0.39 is 5.91 Å². The molecule has 3 nitrogen and oxygen atoms in total. The fourth-order valence-corrected chi connectivity index (χ4v) is 2.15. The molecule has 0 radical (unpaired) electrons. The first-order valence-electron chi connectivity index (χ1n) is 5.53. The number of nitrogens with two attached hydrogens (primary N) is 1. The van der Waals surface area contributed by atoms with E-state index in [2.05, 4.69) is 15.9 Å². The maximum atomic E-state index is 11.0. The molecule has 19 heavy (non-hydrogen) atoms. The van der Waals surface area contributed by atoms with Gasteiger partial charge in [-0.05, 0) is 30.3 Å². The van der Waals surface area contributed by atoms with Crippen molar-refractivity contribution in [2.45, 2.75) is 6.61 Å². The molecule has 0 aliphatic rings. The predicted octanol–water partition coefficient (Wildman–Crippen LogP) is 3.78. The van der Waals surface area contributed by atoms with Gasteiger partial charge in [-0.3, -0.25) is 4.79 Å². The van der Waals surface area contributed by atoms with Gasteiger partial charge in [-0.15, -0.1) is 0 Å². The minimum Gasteiger partial charge on any atom is -0.489 e. The highest BCUT2D eigenvalue weighted by Gasteiger charge is 2.06. The Bertz CT molecular complexity index is 616. The average molecular weight is 341 g/mol. The van der Waals surface area contributed by atoms with Crippen molar-refractivity contribution in [2.75, 3.05) is 0 Å². The highest BCUT2D eigenvalue weighted by molar-refractivity contribution is 9.10. The van der Waals surface area contributed by atoms with Crippen molar-refractivity contribution in [1.29, 1.82) is 0 Å². The third kappa shape index (κ3) is 3.72. The van der Waals surface area contributed by atoms with Gasteiger partial charge in [-0.2, -0.15) is 0 Å². The molecule has 2 rings (SSSR count). The van der Waals surface area contributed by atoms with E-state index in [1.165, 1.54) is 0 Å². The number of rotatable bonds is 4. The molecule has 0 spiro atoms. The van der Waals surface area contributed by atoms with Crippen LogP contribution in [0.4, 0.5) is 0 Å². The topological polar surface area (TPSA) is 52.3 Å². The van der Waals surface area contributed by atoms with Gasteiger partial charge in [-0.25, -0.2) is 0 Å². The monoisotopic (exact) mass is 339 g/mol. The van der Waals surface area contributed by atoms with Crippen molar-refractivity contribution in [3.05, 3.63) is 63.1 Å². The number of amides is 1. The summed E-state index contributed by atoms with van der Waals surface area (Å²) in [5, 5.41) is 0.464. The van der Waals surface area contributed by atoms with Crippen molar-refractivity contribution in [1.82, 2.24) is 0 Å². The molecule has 0 atom stereocenters. The molecule has 0 aromatic heterocycles. The molecule has 5 heteroatoms. The maximum Gasteiger partial charge on any atom is 0.248 e. The van der Waals surface area contributed by atoms with Crippen LogP contribution in [-0.4, -0.2) is 5.91 Å². The largest absolute Gasteiger partial charge is 0.489 e. The Labute approximate surface area is 124 Å². The number of hydrogen-bond donors (Lipinski definition) is 1. The second kappa shape index (κ2) is 6.08. The minimum atomic E-state index is -0.499. The molecular weight excluding hydrogens is 330 g/mol. The lowest BCUT2D eigenvalue weighted by atomic mass is 10.1. The van der Waals surface area contributed by atoms with Crippen molar-refractivity contribution < 1.29 is 9.53 Å². The summed E-state index contributed by atoms with van der Waals surface area (Å²) in [7, 11) is 0. The molecule has 2 aromatic rings. The fourth-order valence-electron chi connectivity index (χ4n) is 1.54. The van der Waals surface area contributed by atoms with Crippen LogP contribution in [-0.2, 0) is 6.61 Å². The molecule has 2 N–H and O–H groups in total. The van der Waals surface area contributed by atoms with Crippen LogP contribution in [0.5, 0.6) is 5.75 Å². The molecule has 0 unspecified atom stereocenters. The molecule has 0 aliphatic carbocycles. The van der Waals surface area contributed by atoms with Gasteiger partial charge in [-0.1, -0.05) is 39.7 Å². The lowest BCUT2D eigenvalue weighted by Gasteiger charge is -2.08. The Balaban J connectivity index is 2.10. The standard InChI is InChI=1S/C14H11BrClNO2/c15-11-2-1-3-12(7-11)19-8-10-5-4-9(14(17)18)6-13(10)16/h1-7H,8H2,(H2,17,18). The van der Waals surface area contributed by atoms with Gasteiger partial charge in [0, 0.05) is 20.6 Å². The Kier molecular flexibility index (Phi) is 4.45. The van der Waals surface area contributed by atoms with Crippen LogP contribution in [0, 0.1) is 0 Å². The smallest absolute Gasteiger partial charge is 0.248 e. The summed E-state index contributed by atoms with van der Waals surface area (Å²) in [6.07, 6.45) is 0. The second-order valence-electron chi connectivity index (χ2n) is 3.92. The highest BCUT2D eigenvalue weighted by atomic mass is 79.9. The van der Waals surface area contributed by atoms with E-state index in [4.69, 9.17) is 22.1 Å². The highest BCUT2D eigenvalue weighted by Crippen LogP contribution is 2.22. The Hall–Kier alpha value is -1.52. The summed E-state index contributed by atoms with van der Waals surface area (Å²) in [6.45, 7) is 0.328. The Morgan fingerprint density at radius 2 is 2.05 bits per heavy atom. The quantitative estimate of drug-likeness (QED) is 0.921. The number of carbonyl (C=O) groups is 1. The number of primary amides is 1. The summed E-state index contributed by atoms with van der Waals surface area (Å²) in [6, 6.07) is 12.4. The molecule has 98 valence electrons. The van der Waals surface area contributed by atoms with Crippen molar-refractivity contribution in [3.8, 4) is 5.75 Å². The predicted molar refractivity (Wildman–Crippen MR) is 78.4 cm³/mol. The summed E-state index contributed by atoms with van der Waals surface area (Å²) in [4.78, 5) is 11.0. The maximum absolute atomic E-state index is 11.0. The second-order valence-corrected chi connectivity index (χ2v) is 5.24. The lowest BCUT2D eigenvalue weighted by Crippen LogP contribution is -2.11. The van der Waals surface area contributed by atoms with Crippen LogP contribution >= 0.6 is 27.5 Å². The van der Waals surface area contributed by atoms with Gasteiger partial charge in [0.2, 0.25) is 5.91 Å². The van der Waals surface area contributed by atoms with Gasteiger partial charge in [0.25, 0.3) is 0 Å². The first-order chi connectivity index (χ1) is 9.06. The molecule has 0 bridgehead atoms. The molecule has 0 saturated heterocycles. The Morgan fingerprint density at radius 1 is 1.26 bits per heavy atom. The van der Waals surface area contributed by atoms with Gasteiger partial charge in [0.15, 0.2) is 0 Å². The zero-order valence-electron chi connectivity index (χ0n) is 9.90. The molecule has 0 heterocycles. The molecular formula is C14H11BrClNO2. The number of benzene rings is 2. The summed E-state index contributed by atoms with van der Waals surface area (Å²) < 4.78 is 6.57. The molecule has 1 amide bonds. The van der Waals surface area contributed by atoms with Gasteiger partial charge < -0.3 is 10.5 Å². The van der Waals surface area contributed by atoms with Crippen LogP contribution in [0.2, 0.25) is 5.02 Å². The van der Waals surface area contributed by atoms with Crippen LogP contribution in [0.25, 0.3) is 0 Å². The third-order valence-electron chi connectivity index (χ3n) is 2.53. The molecule has 0 fully saturated rings. The first kappa shape index (κ1) is 13.9. The summed E-state index contributed by atoms with van der Waals surface area (Å²) in [5.74, 6) is 0.241. The minimum absolute atomic E-state index is 0.328. The van der Waals surface area contributed by atoms with Crippen LogP contribution in [0.3, 0.4) is 0 Å². The van der Waals surface area contributed by atoms with E-state index >= 15 is 0 Å². The van der Waals surface area contributed by atoms with Gasteiger partial charge in [0.1, 0.15) is 12.4 Å². The fraction of sp³-hybridized carbons (Fsp3) is 0.0714. The zero-order valence-corrected chi connectivity index (χ0v) is 12.2. The third-order valence-corrected chi connectivity index (χ3v) is 3.37. The van der Waals surface area contributed by atoms with E-state index in [-0.39, 0.29) is 0 Å². The van der Waals surface area contributed by atoms with E-state index in [0.29, 0.717) is 17.2 Å². The van der Waals surface area contributed by atoms with Crippen LogP contribution in [0.15, 0.2) is 46.9 Å². The number of carbonyl (C=O) groups excluding carboxylic acids is 1. The SMILES string of the molecule is NC(=O)c1ccc(COc2cccc(Br)c2)c(Cl)c1. The summed E-state index contributed by atoms with van der Waals surface area (Å²) >= 11 is 9.44. The van der Waals surface area contributed by atoms with Crippen molar-refractivity contribution in [2.24, 2.45) is 5.73 Å². The Morgan fingerprint density at radius 3 is 2.68 bits per heavy atom. The van der Waals surface area contributed by atoms with Crippen LogP contribution < -0.4 is 10.5 Å². The number of ether oxygens (including phenoxy) is 1. The zero-order chi connectivity index (χ0) is 13.8. The normalized spacial score (nSPS) is 10.2. The van der Waals surface area contributed by atoms with Gasteiger partial charge >= 0.3 is 0 Å². The average Bonchev–Trinajstić information content (AvgIpc) is 2.37. The van der Waals surface area contributed by atoms with E-state index in [1.54, 1.807) is 18.2 Å². The van der Waals surface area contributed by atoms with E-state index in [0.717, 1.165) is 15.8 Å². The van der Waals surface area contributed by atoms with Gasteiger partial charge in [0.05, 0.1) is 0 Å². The first-order valence-corrected chi connectivity index (χ1v) is 6.70. The molecule has 0 saturated carbocycles. The van der Waals surface area contributed by atoms with E-state index in [1.807, 2.05) is 24.3 Å². The summed E-state index contributed by atoms with van der Waals surface area (Å²) in [5.41, 5.74) is 6.36. The van der Waals surface area contributed by atoms with Crippen molar-refractivity contribution in [3.63, 3.8) is 0 Å². The molecule has 2 aromatic carbocycles. The van der Waals surface area contributed by atoms with Crippen molar-refractivity contribution >= 4 is 33.4 Å². The molecule has 0 aliphatic heterocycles. The lowest BCUT2D eigenvalue weighted by molar-refractivity contribution is 0.1000. The van der Waals surface area contributed by atoms with Crippen LogP contribution in [0.1, 0.15) is 15.9 Å². The number of hydrogen-bond acceptors (Lipinski definition) is 2. The van der Waals surface area contributed by atoms with E-state index in [9.17, 15) is 4.79 Å².